The van der Waals surface area contributed by atoms with Gasteiger partial charge in [-0.15, -0.1) is 16.4 Å². The molecule has 0 spiro atoms. The third kappa shape index (κ3) is 5.97. The molecule has 9 nitrogen and oxygen atoms in total. The van der Waals surface area contributed by atoms with E-state index in [1.54, 1.807) is 18.7 Å². The van der Waals surface area contributed by atoms with Gasteiger partial charge in [0, 0.05) is 27.8 Å². The number of fused-ring (bicyclic) bond motifs is 2. The Morgan fingerprint density at radius 3 is 2.18 bits per heavy atom. The maximum atomic E-state index is 14.4. The van der Waals surface area contributed by atoms with Crippen LogP contribution in [0.15, 0.2) is 115 Å². The number of hydrogen-bond donors (Lipinski definition) is 2. The van der Waals surface area contributed by atoms with Gasteiger partial charge in [0.1, 0.15) is 17.1 Å². The van der Waals surface area contributed by atoms with Gasteiger partial charge in [-0.2, -0.15) is 0 Å². The Kier molecular flexibility index (Phi) is 8.27. The van der Waals surface area contributed by atoms with E-state index in [4.69, 9.17) is 24.5 Å². The van der Waals surface area contributed by atoms with Gasteiger partial charge in [0.25, 0.3) is 5.91 Å². The normalized spacial score (nSPS) is 13.0. The number of benzene rings is 4. The number of aromatic nitrogens is 4. The Labute approximate surface area is 292 Å². The number of carbonyl (C=O) groups is 1. The van der Waals surface area contributed by atoms with Gasteiger partial charge in [0.2, 0.25) is 0 Å². The molecule has 0 unspecified atom stereocenters. The lowest BCUT2D eigenvalue weighted by atomic mass is 10.0. The molecule has 1 aliphatic carbocycles. The van der Waals surface area contributed by atoms with Crippen molar-refractivity contribution >= 4 is 51.2 Å². The fourth-order valence-electron chi connectivity index (χ4n) is 6.24. The highest BCUT2D eigenvalue weighted by Crippen LogP contribution is 2.41. The fourth-order valence-corrected chi connectivity index (χ4v) is 6.95. The highest BCUT2D eigenvalue weighted by Gasteiger charge is 2.30. The molecule has 0 atom stereocenters. The first kappa shape index (κ1) is 31.0. The minimum atomic E-state index is -0.362. The smallest absolute Gasteiger partial charge is 0.265 e. The molecular formula is C40H32N6O3S. The van der Waals surface area contributed by atoms with E-state index in [1.165, 1.54) is 11.3 Å². The Hall–Kier alpha value is -6.26. The maximum Gasteiger partial charge on any atom is 0.265 e. The largest absolute Gasteiger partial charge is 0.497 e. The molecule has 1 amide bonds. The number of nitrogens with one attached hydrogen (secondary N) is 2. The molecular weight excluding hydrogens is 645 g/mol. The monoisotopic (exact) mass is 676 g/mol. The van der Waals surface area contributed by atoms with E-state index in [0.717, 1.165) is 74.9 Å². The van der Waals surface area contributed by atoms with E-state index in [1.807, 2.05) is 115 Å². The lowest BCUT2D eigenvalue weighted by molar-refractivity contribution is 0.102. The molecule has 7 aromatic rings. The van der Waals surface area contributed by atoms with Crippen LogP contribution < -0.4 is 20.1 Å². The number of amides is 1. The van der Waals surface area contributed by atoms with Crippen molar-refractivity contribution in [2.45, 2.75) is 12.8 Å². The number of nitrogens with zero attached hydrogens (tertiary/aromatic N) is 4. The molecule has 8 rings (SSSR count). The lowest BCUT2D eigenvalue weighted by Crippen LogP contribution is -2.14. The molecule has 0 saturated heterocycles. The number of methoxy groups -OCH3 is 2. The summed E-state index contributed by atoms with van der Waals surface area (Å²) in [6.45, 7) is 0. The minimum Gasteiger partial charge on any atom is -0.497 e. The van der Waals surface area contributed by atoms with E-state index < -0.39 is 0 Å². The molecule has 50 heavy (non-hydrogen) atoms. The average molecular weight is 677 g/mol. The van der Waals surface area contributed by atoms with Crippen LogP contribution in [0.3, 0.4) is 0 Å². The third-order valence-electron chi connectivity index (χ3n) is 8.69. The number of anilines is 3. The first-order valence-electron chi connectivity index (χ1n) is 16.2. The van der Waals surface area contributed by atoms with Gasteiger partial charge < -0.3 is 14.8 Å². The molecule has 4 aromatic carbocycles. The van der Waals surface area contributed by atoms with Gasteiger partial charge in [0.15, 0.2) is 16.6 Å². The number of ether oxygens (including phenoxy) is 2. The molecule has 246 valence electrons. The third-order valence-corrected chi connectivity index (χ3v) is 9.45. The van der Waals surface area contributed by atoms with Gasteiger partial charge >= 0.3 is 0 Å². The van der Waals surface area contributed by atoms with Crippen molar-refractivity contribution < 1.29 is 14.3 Å². The van der Waals surface area contributed by atoms with Crippen LogP contribution in [0.1, 0.15) is 33.6 Å². The second-order valence-corrected chi connectivity index (χ2v) is 12.6. The van der Waals surface area contributed by atoms with Crippen LogP contribution in [0.5, 0.6) is 11.5 Å². The van der Waals surface area contributed by atoms with Crippen LogP contribution in [-0.2, 0) is 6.42 Å². The highest BCUT2D eigenvalue weighted by molar-refractivity contribution is 7.14. The Morgan fingerprint density at radius 2 is 1.48 bits per heavy atom. The molecule has 2 N–H and O–H groups in total. The van der Waals surface area contributed by atoms with E-state index >= 15 is 0 Å². The van der Waals surface area contributed by atoms with Crippen molar-refractivity contribution in [3.8, 4) is 34.0 Å². The van der Waals surface area contributed by atoms with Crippen molar-refractivity contribution in [1.82, 2.24) is 19.6 Å². The molecule has 0 bridgehead atoms. The van der Waals surface area contributed by atoms with Crippen LogP contribution in [0.25, 0.3) is 39.8 Å². The number of allylic oxidation sites excluding steroid dienone is 1. The SMILES string of the molecule is COc1ccc(/C=C2\CCc3c2nc2c(C(=O)Nc4nc(-c5ccccc5)cs4)c(Nc4ccccc4)nn2c3-c2ccc(OC)cc2)cc1. The van der Waals surface area contributed by atoms with Gasteiger partial charge in [0.05, 0.1) is 31.3 Å². The highest BCUT2D eigenvalue weighted by atomic mass is 32.1. The van der Waals surface area contributed by atoms with Crippen molar-refractivity contribution in [3.63, 3.8) is 0 Å². The molecule has 0 saturated carbocycles. The van der Waals surface area contributed by atoms with Gasteiger partial charge in [-0.05, 0) is 78.6 Å². The van der Waals surface area contributed by atoms with Crippen LogP contribution in [0, 0.1) is 0 Å². The number of thiazole rings is 1. The summed E-state index contributed by atoms with van der Waals surface area (Å²) in [5.41, 5.74) is 9.17. The second kappa shape index (κ2) is 13.3. The van der Waals surface area contributed by atoms with Crippen molar-refractivity contribution in [3.05, 3.63) is 137 Å². The summed E-state index contributed by atoms with van der Waals surface area (Å²) in [7, 11) is 3.31. The Balaban J connectivity index is 1.30. The number of hydrogen-bond acceptors (Lipinski definition) is 8. The van der Waals surface area contributed by atoms with Crippen LogP contribution in [-0.4, -0.2) is 39.7 Å². The van der Waals surface area contributed by atoms with Crippen LogP contribution in [0.2, 0.25) is 0 Å². The zero-order chi connectivity index (χ0) is 34.0. The van der Waals surface area contributed by atoms with Crippen molar-refractivity contribution in [1.29, 1.82) is 0 Å². The average Bonchev–Trinajstić information content (AvgIpc) is 3.89. The Bertz CT molecular complexity index is 2350. The number of carbonyl (C=O) groups excluding carboxylic acids is 1. The molecule has 3 heterocycles. The molecule has 0 radical (unpaired) electrons. The Morgan fingerprint density at radius 1 is 0.800 bits per heavy atom. The summed E-state index contributed by atoms with van der Waals surface area (Å²) >= 11 is 1.37. The van der Waals surface area contributed by atoms with Crippen molar-refractivity contribution in [2.75, 3.05) is 24.9 Å². The molecule has 1 aliphatic rings. The summed E-state index contributed by atoms with van der Waals surface area (Å²) in [5.74, 6) is 1.57. The van der Waals surface area contributed by atoms with Crippen LogP contribution in [0.4, 0.5) is 16.6 Å². The van der Waals surface area contributed by atoms with E-state index in [9.17, 15) is 4.79 Å². The predicted octanol–water partition coefficient (Wildman–Crippen LogP) is 9.02. The van der Waals surface area contributed by atoms with Crippen LogP contribution >= 0.6 is 11.3 Å². The summed E-state index contributed by atoms with van der Waals surface area (Å²) in [6, 6.07) is 35.4. The molecule has 0 fully saturated rings. The first-order chi connectivity index (χ1) is 24.6. The lowest BCUT2D eigenvalue weighted by Gasteiger charge is -2.12. The topological polar surface area (TPSA) is 103 Å². The summed E-state index contributed by atoms with van der Waals surface area (Å²) in [5, 5.41) is 13.9. The number of rotatable bonds is 9. The molecule has 0 aliphatic heterocycles. The fraction of sp³-hybridized carbons (Fsp3) is 0.100. The molecule has 10 heteroatoms. The second-order valence-electron chi connectivity index (χ2n) is 11.8. The van der Waals surface area contributed by atoms with E-state index in [0.29, 0.717) is 22.2 Å². The summed E-state index contributed by atoms with van der Waals surface area (Å²) in [4.78, 5) is 24.3. The van der Waals surface area contributed by atoms with E-state index in [2.05, 4.69) is 16.7 Å². The van der Waals surface area contributed by atoms with Crippen molar-refractivity contribution in [2.24, 2.45) is 0 Å². The quantitative estimate of drug-likeness (QED) is 0.157. The zero-order valence-electron chi connectivity index (χ0n) is 27.4. The minimum absolute atomic E-state index is 0.318. The maximum absolute atomic E-state index is 14.4. The van der Waals surface area contributed by atoms with Gasteiger partial charge in [-0.3, -0.25) is 10.1 Å². The van der Waals surface area contributed by atoms with Gasteiger partial charge in [-0.1, -0.05) is 60.7 Å². The summed E-state index contributed by atoms with van der Waals surface area (Å²) < 4.78 is 12.6. The van der Waals surface area contributed by atoms with E-state index in [-0.39, 0.29) is 5.91 Å². The van der Waals surface area contributed by atoms with Gasteiger partial charge in [-0.25, -0.2) is 14.5 Å². The first-order valence-corrected chi connectivity index (χ1v) is 17.1. The number of para-hydroxylation sites is 1. The summed E-state index contributed by atoms with van der Waals surface area (Å²) in [6.07, 6.45) is 3.72. The zero-order valence-corrected chi connectivity index (χ0v) is 28.2. The standard InChI is InChI=1S/C40H32N6O3S/c1-48-30-18-13-25(14-19-30)23-28-17-22-32-35(28)43-38-34(39(47)44-40-42-33(24-50-40)26-9-5-3-6-10-26)37(41-29-11-7-4-8-12-29)45-46(38)36(32)27-15-20-31(49-2)21-16-27/h3-16,18-21,23-24H,17,22H2,1-2H3,(H,41,45)(H,42,44,47)/b28-23+. The predicted molar refractivity (Wildman–Crippen MR) is 199 cm³/mol. The molecule has 3 aromatic heterocycles.